The molecule has 3 rings (SSSR count). The fourth-order valence-electron chi connectivity index (χ4n) is 2.16. The summed E-state index contributed by atoms with van der Waals surface area (Å²) < 4.78 is 10.9. The van der Waals surface area contributed by atoms with Crippen LogP contribution in [0.3, 0.4) is 0 Å². The van der Waals surface area contributed by atoms with Crippen molar-refractivity contribution in [2.75, 3.05) is 13.2 Å². The molecule has 21 heavy (non-hydrogen) atoms. The number of carbonyl (C=O) groups excluding carboxylic acids is 1. The van der Waals surface area contributed by atoms with E-state index in [1.807, 2.05) is 12.1 Å². The Hall–Kier alpha value is -1.71. The number of carbonyl (C=O) groups is 1. The Labute approximate surface area is 132 Å². The Morgan fingerprint density at radius 3 is 2.81 bits per heavy atom. The number of Topliss-reactive ketones (excluding diaryl/α,β-unsaturated/α-hetero) is 1. The summed E-state index contributed by atoms with van der Waals surface area (Å²) in [6.07, 6.45) is 0.837. The van der Waals surface area contributed by atoms with E-state index in [-0.39, 0.29) is 12.4 Å². The quantitative estimate of drug-likeness (QED) is 0.792. The van der Waals surface area contributed by atoms with Gasteiger partial charge in [0.2, 0.25) is 0 Å². The van der Waals surface area contributed by atoms with Crippen LogP contribution in [-0.2, 0) is 6.42 Å². The number of ketones is 1. The van der Waals surface area contributed by atoms with Gasteiger partial charge in [-0.1, -0.05) is 23.2 Å². The predicted molar refractivity (Wildman–Crippen MR) is 81.9 cm³/mol. The number of rotatable bonds is 4. The highest BCUT2D eigenvalue weighted by Crippen LogP contribution is 2.27. The molecule has 0 unspecified atom stereocenters. The summed E-state index contributed by atoms with van der Waals surface area (Å²) in [5.41, 5.74) is 1.69. The molecule has 0 fully saturated rings. The highest BCUT2D eigenvalue weighted by Gasteiger charge is 2.15. The molecule has 0 saturated carbocycles. The molecule has 0 bridgehead atoms. The predicted octanol–water partition coefficient (Wildman–Crippen LogP) is 4.19. The van der Waals surface area contributed by atoms with E-state index in [0.29, 0.717) is 28.0 Å². The van der Waals surface area contributed by atoms with E-state index < -0.39 is 0 Å². The first-order chi connectivity index (χ1) is 10.1. The van der Waals surface area contributed by atoms with Crippen LogP contribution in [0, 0.1) is 0 Å². The van der Waals surface area contributed by atoms with Crippen molar-refractivity contribution in [3.05, 3.63) is 57.6 Å². The van der Waals surface area contributed by atoms with Crippen LogP contribution in [0.1, 0.15) is 15.9 Å². The molecule has 2 aromatic carbocycles. The van der Waals surface area contributed by atoms with Gasteiger partial charge in [0.15, 0.2) is 12.4 Å². The van der Waals surface area contributed by atoms with Crippen LogP contribution in [0.5, 0.6) is 11.5 Å². The number of fused-ring (bicyclic) bond motifs is 1. The standard InChI is InChI=1S/C16H12Cl2O3/c17-13-3-2-12(8-14(13)18)21-9-15(19)10-1-4-16-11(7-10)5-6-20-16/h1-4,7-8H,5-6,9H2. The minimum Gasteiger partial charge on any atom is -0.493 e. The first kappa shape index (κ1) is 14.2. The third-order valence-electron chi connectivity index (χ3n) is 3.27. The second-order valence-electron chi connectivity index (χ2n) is 4.71. The molecule has 1 aliphatic rings. The molecule has 0 amide bonds. The lowest BCUT2D eigenvalue weighted by Crippen LogP contribution is -2.11. The topological polar surface area (TPSA) is 35.5 Å². The first-order valence-corrected chi connectivity index (χ1v) is 7.26. The largest absolute Gasteiger partial charge is 0.493 e. The maximum absolute atomic E-state index is 12.1. The molecular weight excluding hydrogens is 311 g/mol. The molecule has 0 saturated heterocycles. The molecule has 0 aliphatic carbocycles. The normalized spacial score (nSPS) is 12.7. The van der Waals surface area contributed by atoms with Crippen LogP contribution in [0.4, 0.5) is 0 Å². The van der Waals surface area contributed by atoms with Crippen LogP contribution in [0.25, 0.3) is 0 Å². The second-order valence-corrected chi connectivity index (χ2v) is 5.52. The average Bonchev–Trinajstić information content (AvgIpc) is 2.95. The van der Waals surface area contributed by atoms with Gasteiger partial charge in [0.1, 0.15) is 11.5 Å². The van der Waals surface area contributed by atoms with Crippen LogP contribution in [0.2, 0.25) is 10.0 Å². The van der Waals surface area contributed by atoms with Crippen LogP contribution < -0.4 is 9.47 Å². The summed E-state index contributed by atoms with van der Waals surface area (Å²) in [6.45, 7) is 0.629. The fraction of sp³-hybridized carbons (Fsp3) is 0.188. The minimum absolute atomic E-state index is 0.0440. The lowest BCUT2D eigenvalue weighted by molar-refractivity contribution is 0.0921. The maximum Gasteiger partial charge on any atom is 0.200 e. The van der Waals surface area contributed by atoms with Gasteiger partial charge in [0, 0.05) is 18.1 Å². The van der Waals surface area contributed by atoms with Gasteiger partial charge in [0.25, 0.3) is 0 Å². The van der Waals surface area contributed by atoms with E-state index in [2.05, 4.69) is 0 Å². The van der Waals surface area contributed by atoms with Gasteiger partial charge in [-0.25, -0.2) is 0 Å². The SMILES string of the molecule is O=C(COc1ccc(Cl)c(Cl)c1)c1ccc2c(c1)CCO2. The summed E-state index contributed by atoms with van der Waals surface area (Å²) in [7, 11) is 0. The van der Waals surface area contributed by atoms with Gasteiger partial charge in [-0.3, -0.25) is 4.79 Å². The molecule has 0 radical (unpaired) electrons. The molecule has 1 heterocycles. The number of ether oxygens (including phenoxy) is 2. The van der Waals surface area contributed by atoms with Crippen molar-refractivity contribution in [2.24, 2.45) is 0 Å². The van der Waals surface area contributed by atoms with Crippen LogP contribution in [-0.4, -0.2) is 19.0 Å². The van der Waals surface area contributed by atoms with Crippen molar-refractivity contribution in [2.45, 2.75) is 6.42 Å². The Kier molecular flexibility index (Phi) is 4.04. The van der Waals surface area contributed by atoms with Gasteiger partial charge in [0.05, 0.1) is 16.7 Å². The summed E-state index contributed by atoms with van der Waals surface area (Å²) in [5.74, 6) is 1.29. The van der Waals surface area contributed by atoms with Crippen molar-refractivity contribution in [3.63, 3.8) is 0 Å². The highest BCUT2D eigenvalue weighted by molar-refractivity contribution is 6.42. The van der Waals surface area contributed by atoms with Gasteiger partial charge in [-0.15, -0.1) is 0 Å². The van der Waals surface area contributed by atoms with E-state index in [0.717, 1.165) is 17.7 Å². The second kappa shape index (κ2) is 5.96. The van der Waals surface area contributed by atoms with E-state index >= 15 is 0 Å². The molecule has 0 N–H and O–H groups in total. The van der Waals surface area contributed by atoms with Gasteiger partial charge in [-0.05, 0) is 35.9 Å². The third kappa shape index (κ3) is 3.14. The third-order valence-corrected chi connectivity index (χ3v) is 4.01. The van der Waals surface area contributed by atoms with Crippen molar-refractivity contribution in [3.8, 4) is 11.5 Å². The molecule has 2 aromatic rings. The minimum atomic E-state index is -0.0872. The lowest BCUT2D eigenvalue weighted by atomic mass is 10.1. The zero-order valence-corrected chi connectivity index (χ0v) is 12.6. The fourth-order valence-corrected chi connectivity index (χ4v) is 2.45. The Morgan fingerprint density at radius 2 is 2.00 bits per heavy atom. The van der Waals surface area contributed by atoms with Gasteiger partial charge in [-0.2, -0.15) is 0 Å². The molecule has 0 atom stereocenters. The summed E-state index contributed by atoms with van der Waals surface area (Å²) in [4.78, 5) is 12.1. The van der Waals surface area contributed by atoms with Crippen LogP contribution >= 0.6 is 23.2 Å². The smallest absolute Gasteiger partial charge is 0.200 e. The van der Waals surface area contributed by atoms with E-state index in [4.69, 9.17) is 32.7 Å². The van der Waals surface area contributed by atoms with Crippen LogP contribution in [0.15, 0.2) is 36.4 Å². The summed E-state index contributed by atoms with van der Waals surface area (Å²) in [6, 6.07) is 10.4. The van der Waals surface area contributed by atoms with Crippen molar-refractivity contribution in [1.29, 1.82) is 0 Å². The lowest BCUT2D eigenvalue weighted by Gasteiger charge is -2.07. The molecular formula is C16H12Cl2O3. The number of benzene rings is 2. The molecule has 1 aliphatic heterocycles. The van der Waals surface area contributed by atoms with E-state index in [9.17, 15) is 4.79 Å². The van der Waals surface area contributed by atoms with Crippen molar-refractivity contribution < 1.29 is 14.3 Å². The molecule has 0 spiro atoms. The first-order valence-electron chi connectivity index (χ1n) is 6.50. The number of hydrogen-bond donors (Lipinski definition) is 0. The molecule has 0 aromatic heterocycles. The zero-order valence-electron chi connectivity index (χ0n) is 11.1. The van der Waals surface area contributed by atoms with Crippen molar-refractivity contribution in [1.82, 2.24) is 0 Å². The zero-order chi connectivity index (χ0) is 14.8. The highest BCUT2D eigenvalue weighted by atomic mass is 35.5. The summed E-state index contributed by atoms with van der Waals surface area (Å²) >= 11 is 11.7. The Bertz CT molecular complexity index is 698. The van der Waals surface area contributed by atoms with Gasteiger partial charge < -0.3 is 9.47 Å². The maximum atomic E-state index is 12.1. The van der Waals surface area contributed by atoms with Crippen molar-refractivity contribution >= 4 is 29.0 Å². The van der Waals surface area contributed by atoms with E-state index in [1.165, 1.54) is 0 Å². The number of halogens is 2. The van der Waals surface area contributed by atoms with Gasteiger partial charge >= 0.3 is 0 Å². The molecule has 108 valence electrons. The monoisotopic (exact) mass is 322 g/mol. The Balaban J connectivity index is 1.67. The molecule has 5 heteroatoms. The average molecular weight is 323 g/mol. The summed E-state index contributed by atoms with van der Waals surface area (Å²) in [5, 5.41) is 0.852. The molecule has 3 nitrogen and oxygen atoms in total. The van der Waals surface area contributed by atoms with E-state index in [1.54, 1.807) is 24.3 Å². The number of hydrogen-bond acceptors (Lipinski definition) is 3. The Morgan fingerprint density at radius 1 is 1.14 bits per heavy atom.